The molecule has 0 amide bonds. The highest BCUT2D eigenvalue weighted by atomic mass is 16.5. The summed E-state index contributed by atoms with van der Waals surface area (Å²) in [5.74, 6) is 0. The molecular weight excluding hydrogens is 250 g/mol. The highest BCUT2D eigenvalue weighted by Gasteiger charge is 2.17. The molecule has 1 aliphatic rings. The third kappa shape index (κ3) is 4.89. The van der Waals surface area contributed by atoms with Crippen molar-refractivity contribution in [2.75, 3.05) is 19.7 Å². The van der Waals surface area contributed by atoms with Gasteiger partial charge in [-0.25, -0.2) is 0 Å². The van der Waals surface area contributed by atoms with E-state index in [1.807, 2.05) is 12.1 Å². The molecule has 1 atom stereocenters. The van der Waals surface area contributed by atoms with Crippen molar-refractivity contribution in [1.82, 2.24) is 4.90 Å². The molecule has 2 rings (SSSR count). The molecule has 112 valence electrons. The van der Waals surface area contributed by atoms with E-state index in [9.17, 15) is 0 Å². The fraction of sp³-hybridized carbons (Fsp3) is 0.647. The van der Waals surface area contributed by atoms with Gasteiger partial charge in [-0.15, -0.1) is 0 Å². The van der Waals surface area contributed by atoms with Crippen LogP contribution in [0.1, 0.15) is 43.7 Å². The fourth-order valence-corrected chi connectivity index (χ4v) is 2.80. The molecule has 1 aromatic carbocycles. The molecule has 1 N–H and O–H groups in total. The van der Waals surface area contributed by atoms with Crippen LogP contribution >= 0.6 is 0 Å². The summed E-state index contributed by atoms with van der Waals surface area (Å²) in [4.78, 5) is 2.49. The monoisotopic (exact) mass is 277 g/mol. The van der Waals surface area contributed by atoms with Crippen LogP contribution in [0.2, 0.25) is 0 Å². The Morgan fingerprint density at radius 1 is 1.20 bits per heavy atom. The zero-order valence-corrected chi connectivity index (χ0v) is 12.6. The average molecular weight is 277 g/mol. The number of ether oxygens (including phenoxy) is 1. The third-order valence-electron chi connectivity index (χ3n) is 3.89. The molecule has 20 heavy (non-hydrogen) atoms. The predicted octanol–water partition coefficient (Wildman–Crippen LogP) is 2.96. The van der Waals surface area contributed by atoms with Gasteiger partial charge in [0.05, 0.1) is 12.7 Å². The van der Waals surface area contributed by atoms with Gasteiger partial charge in [0.15, 0.2) is 0 Å². The van der Waals surface area contributed by atoms with Crippen LogP contribution in [0.5, 0.6) is 0 Å². The highest BCUT2D eigenvalue weighted by molar-refractivity contribution is 5.21. The largest absolute Gasteiger partial charge is 0.392 e. The minimum atomic E-state index is 0.120. The van der Waals surface area contributed by atoms with E-state index in [1.54, 1.807) is 0 Å². The number of aliphatic hydroxyl groups excluding tert-OH is 1. The van der Waals surface area contributed by atoms with Crippen molar-refractivity contribution in [3.05, 3.63) is 35.4 Å². The normalized spacial score (nSPS) is 19.4. The van der Waals surface area contributed by atoms with E-state index in [2.05, 4.69) is 24.0 Å². The Morgan fingerprint density at radius 3 is 2.55 bits per heavy atom. The first-order valence-corrected chi connectivity index (χ1v) is 7.84. The Balaban J connectivity index is 1.89. The summed E-state index contributed by atoms with van der Waals surface area (Å²) in [6.45, 7) is 6.39. The van der Waals surface area contributed by atoms with E-state index in [-0.39, 0.29) is 6.61 Å². The van der Waals surface area contributed by atoms with Crippen molar-refractivity contribution in [2.24, 2.45) is 0 Å². The van der Waals surface area contributed by atoms with Gasteiger partial charge in [-0.3, -0.25) is 4.90 Å². The van der Waals surface area contributed by atoms with E-state index in [0.29, 0.717) is 6.10 Å². The smallest absolute Gasteiger partial charge is 0.0702 e. The summed E-state index contributed by atoms with van der Waals surface area (Å²) in [5.41, 5.74) is 2.29. The van der Waals surface area contributed by atoms with Crippen molar-refractivity contribution in [3.8, 4) is 0 Å². The molecule has 0 saturated carbocycles. The lowest BCUT2D eigenvalue weighted by molar-refractivity contribution is -0.00713. The molecule has 0 bridgehead atoms. The zero-order valence-electron chi connectivity index (χ0n) is 12.6. The van der Waals surface area contributed by atoms with Crippen LogP contribution in [0.15, 0.2) is 24.3 Å². The van der Waals surface area contributed by atoms with Crippen molar-refractivity contribution in [2.45, 2.75) is 51.9 Å². The first-order chi connectivity index (χ1) is 9.81. The van der Waals surface area contributed by atoms with Gasteiger partial charge in [0, 0.05) is 19.7 Å². The Bertz CT molecular complexity index is 371. The molecule has 0 aromatic heterocycles. The van der Waals surface area contributed by atoms with Crippen LogP contribution in [-0.4, -0.2) is 35.8 Å². The van der Waals surface area contributed by atoms with E-state index < -0.39 is 0 Å². The van der Waals surface area contributed by atoms with Crippen LogP contribution in [-0.2, 0) is 17.9 Å². The molecule has 1 fully saturated rings. The van der Waals surface area contributed by atoms with E-state index in [1.165, 1.54) is 31.2 Å². The third-order valence-corrected chi connectivity index (χ3v) is 3.89. The van der Waals surface area contributed by atoms with Crippen LogP contribution in [0.3, 0.4) is 0 Å². The van der Waals surface area contributed by atoms with Gasteiger partial charge in [0.25, 0.3) is 0 Å². The lowest BCUT2D eigenvalue weighted by Crippen LogP contribution is -2.35. The van der Waals surface area contributed by atoms with Gasteiger partial charge in [-0.2, -0.15) is 0 Å². The maximum atomic E-state index is 9.08. The summed E-state index contributed by atoms with van der Waals surface area (Å²) >= 11 is 0. The van der Waals surface area contributed by atoms with Crippen molar-refractivity contribution in [3.63, 3.8) is 0 Å². The molecule has 0 aliphatic carbocycles. The Labute approximate surface area is 122 Å². The first-order valence-electron chi connectivity index (χ1n) is 7.84. The number of nitrogens with zero attached hydrogens (tertiary/aromatic N) is 1. The number of benzene rings is 1. The quantitative estimate of drug-likeness (QED) is 0.831. The molecule has 1 aromatic rings. The molecule has 1 aliphatic heterocycles. The molecule has 0 radical (unpaired) electrons. The highest BCUT2D eigenvalue weighted by Crippen LogP contribution is 2.16. The van der Waals surface area contributed by atoms with Crippen LogP contribution in [0.25, 0.3) is 0 Å². The number of rotatable bonds is 7. The van der Waals surface area contributed by atoms with Gasteiger partial charge < -0.3 is 9.84 Å². The van der Waals surface area contributed by atoms with Crippen LogP contribution in [0, 0.1) is 0 Å². The predicted molar refractivity (Wildman–Crippen MR) is 81.5 cm³/mol. The van der Waals surface area contributed by atoms with Gasteiger partial charge >= 0.3 is 0 Å². The maximum Gasteiger partial charge on any atom is 0.0702 e. The van der Waals surface area contributed by atoms with E-state index >= 15 is 0 Å². The SMILES string of the molecule is CCCN(Cc1ccc(CO)cc1)CC1CCCCO1. The first kappa shape index (κ1) is 15.5. The molecular formula is C17H27NO2. The topological polar surface area (TPSA) is 32.7 Å². The minimum absolute atomic E-state index is 0.120. The Morgan fingerprint density at radius 2 is 1.95 bits per heavy atom. The van der Waals surface area contributed by atoms with E-state index in [0.717, 1.165) is 31.8 Å². The second-order valence-corrected chi connectivity index (χ2v) is 5.70. The summed E-state index contributed by atoms with van der Waals surface area (Å²) < 4.78 is 5.85. The van der Waals surface area contributed by atoms with Crippen molar-refractivity contribution in [1.29, 1.82) is 0 Å². The fourth-order valence-electron chi connectivity index (χ4n) is 2.80. The van der Waals surface area contributed by atoms with Gasteiger partial charge in [-0.1, -0.05) is 31.2 Å². The van der Waals surface area contributed by atoms with Crippen LogP contribution in [0.4, 0.5) is 0 Å². The lowest BCUT2D eigenvalue weighted by atomic mass is 10.1. The molecule has 3 nitrogen and oxygen atoms in total. The Kier molecular flexibility index (Phi) is 6.51. The zero-order chi connectivity index (χ0) is 14.2. The lowest BCUT2D eigenvalue weighted by Gasteiger charge is -2.29. The van der Waals surface area contributed by atoms with Gasteiger partial charge in [0.1, 0.15) is 0 Å². The summed E-state index contributed by atoms with van der Waals surface area (Å²) in [7, 11) is 0. The molecule has 1 heterocycles. The number of hydrogen-bond acceptors (Lipinski definition) is 3. The summed E-state index contributed by atoms with van der Waals surface area (Å²) in [6.07, 6.45) is 5.29. The number of hydrogen-bond donors (Lipinski definition) is 1. The maximum absolute atomic E-state index is 9.08. The average Bonchev–Trinajstić information content (AvgIpc) is 2.49. The van der Waals surface area contributed by atoms with E-state index in [4.69, 9.17) is 9.84 Å². The second kappa shape index (κ2) is 8.40. The number of aliphatic hydroxyl groups is 1. The molecule has 1 saturated heterocycles. The molecule has 0 spiro atoms. The second-order valence-electron chi connectivity index (χ2n) is 5.70. The van der Waals surface area contributed by atoms with Gasteiger partial charge in [-0.05, 0) is 43.4 Å². The molecule has 3 heteroatoms. The summed E-state index contributed by atoms with van der Waals surface area (Å²) in [5, 5.41) is 9.08. The van der Waals surface area contributed by atoms with Gasteiger partial charge in [0.2, 0.25) is 0 Å². The molecule has 1 unspecified atom stereocenters. The Hall–Kier alpha value is -0.900. The minimum Gasteiger partial charge on any atom is -0.392 e. The van der Waals surface area contributed by atoms with Crippen LogP contribution < -0.4 is 0 Å². The van der Waals surface area contributed by atoms with Crippen molar-refractivity contribution >= 4 is 0 Å². The van der Waals surface area contributed by atoms with Crippen molar-refractivity contribution < 1.29 is 9.84 Å². The summed E-state index contributed by atoms with van der Waals surface area (Å²) in [6, 6.07) is 8.26. The standard InChI is InChI=1S/C17H27NO2/c1-2-10-18(13-17-5-3-4-11-20-17)12-15-6-8-16(14-19)9-7-15/h6-9,17,19H,2-5,10-14H2,1H3.